The molecule has 0 bridgehead atoms. The molecule has 1 atom stereocenters. The predicted octanol–water partition coefficient (Wildman–Crippen LogP) is 2.06. The molecule has 1 heterocycles. The molecule has 5 nitrogen and oxygen atoms in total. The number of halogens is 2. The average Bonchev–Trinajstić information content (AvgIpc) is 2.32. The van der Waals surface area contributed by atoms with Crippen molar-refractivity contribution in [2.45, 2.75) is 26.8 Å². The highest BCUT2D eigenvalue weighted by Gasteiger charge is 2.08. The molecule has 1 aromatic heterocycles. The Labute approximate surface area is 126 Å². The maximum absolute atomic E-state index is 11.4. The van der Waals surface area contributed by atoms with Crippen molar-refractivity contribution in [3.05, 3.63) is 18.3 Å². The number of hydrogen-bond acceptors (Lipinski definition) is 4. The zero-order valence-electron chi connectivity index (χ0n) is 11.4. The first kappa shape index (κ1) is 20.3. The zero-order chi connectivity index (χ0) is 12.8. The van der Waals surface area contributed by atoms with Crippen molar-refractivity contribution in [3.63, 3.8) is 0 Å². The Hall–Kier alpha value is -1.04. The summed E-state index contributed by atoms with van der Waals surface area (Å²) in [6.45, 7) is 7.63. The van der Waals surface area contributed by atoms with Crippen LogP contribution in [-0.2, 0) is 4.79 Å². The highest BCUT2D eigenvalue weighted by atomic mass is 35.5. The highest BCUT2D eigenvalue weighted by Crippen LogP contribution is 2.13. The second-order valence-corrected chi connectivity index (χ2v) is 3.86. The number of pyridine rings is 1. The maximum Gasteiger partial charge on any atom is 0.241 e. The van der Waals surface area contributed by atoms with E-state index in [1.807, 2.05) is 12.1 Å². The third-order valence-electron chi connectivity index (χ3n) is 2.52. The number of hydrogen-bond donors (Lipinski definition) is 2. The van der Waals surface area contributed by atoms with E-state index in [0.717, 1.165) is 18.9 Å². The lowest BCUT2D eigenvalue weighted by molar-refractivity contribution is -0.117. The predicted molar refractivity (Wildman–Crippen MR) is 84.6 cm³/mol. The van der Waals surface area contributed by atoms with Crippen LogP contribution < -0.4 is 16.0 Å². The number of aromatic nitrogens is 1. The number of carbonyl (C=O) groups is 1. The molecule has 0 radical (unpaired) electrons. The lowest BCUT2D eigenvalue weighted by Crippen LogP contribution is -2.32. The third kappa shape index (κ3) is 6.09. The normalized spacial score (nSPS) is 10.7. The summed E-state index contributed by atoms with van der Waals surface area (Å²) in [4.78, 5) is 17.8. The molecule has 0 aromatic carbocycles. The molecule has 19 heavy (non-hydrogen) atoms. The fraction of sp³-hybridized carbons (Fsp3) is 0.500. The van der Waals surface area contributed by atoms with E-state index in [-0.39, 0.29) is 30.7 Å². The zero-order valence-corrected chi connectivity index (χ0v) is 13.1. The van der Waals surface area contributed by atoms with E-state index in [9.17, 15) is 4.79 Å². The van der Waals surface area contributed by atoms with Gasteiger partial charge in [-0.15, -0.1) is 24.8 Å². The van der Waals surface area contributed by atoms with Crippen LogP contribution in [0.2, 0.25) is 0 Å². The van der Waals surface area contributed by atoms with Crippen molar-refractivity contribution in [2.24, 2.45) is 5.73 Å². The number of nitrogens with zero attached hydrogens (tertiary/aromatic N) is 2. The molecule has 0 spiro atoms. The monoisotopic (exact) mass is 308 g/mol. The summed E-state index contributed by atoms with van der Waals surface area (Å²) in [6.07, 6.45) is 1.65. The molecule has 1 rings (SSSR count). The molecule has 0 saturated carbocycles. The number of anilines is 2. The molecule has 1 amide bonds. The van der Waals surface area contributed by atoms with Gasteiger partial charge in [-0.1, -0.05) is 0 Å². The molecule has 0 aliphatic heterocycles. The number of amides is 1. The summed E-state index contributed by atoms with van der Waals surface area (Å²) in [7, 11) is 0. The Balaban J connectivity index is 0. The SMILES string of the molecule is CCN(CC)c1ccc(NC(=O)[C@@H](C)N)cn1.Cl.Cl. The molecule has 0 aliphatic rings. The van der Waals surface area contributed by atoms with E-state index in [1.54, 1.807) is 13.1 Å². The van der Waals surface area contributed by atoms with Gasteiger partial charge in [-0.25, -0.2) is 4.98 Å². The molecule has 0 fully saturated rings. The van der Waals surface area contributed by atoms with Crippen molar-refractivity contribution in [2.75, 3.05) is 23.3 Å². The maximum atomic E-state index is 11.4. The van der Waals surface area contributed by atoms with Crippen LogP contribution >= 0.6 is 24.8 Å². The Morgan fingerprint density at radius 2 is 1.95 bits per heavy atom. The average molecular weight is 309 g/mol. The van der Waals surface area contributed by atoms with Crippen LogP contribution in [-0.4, -0.2) is 30.0 Å². The molecular weight excluding hydrogens is 287 g/mol. The Bertz CT molecular complexity index is 366. The molecule has 3 N–H and O–H groups in total. The van der Waals surface area contributed by atoms with E-state index in [1.165, 1.54) is 0 Å². The molecule has 110 valence electrons. The van der Waals surface area contributed by atoms with Gasteiger partial charge in [0.05, 0.1) is 17.9 Å². The van der Waals surface area contributed by atoms with Crippen LogP contribution in [0.15, 0.2) is 18.3 Å². The summed E-state index contributed by atoms with van der Waals surface area (Å²) in [6, 6.07) is 3.21. The van der Waals surface area contributed by atoms with Gasteiger partial charge in [0.25, 0.3) is 0 Å². The molecule has 1 aromatic rings. The van der Waals surface area contributed by atoms with Gasteiger partial charge in [-0.2, -0.15) is 0 Å². The van der Waals surface area contributed by atoms with Crippen LogP contribution in [0.4, 0.5) is 11.5 Å². The summed E-state index contributed by atoms with van der Waals surface area (Å²) < 4.78 is 0. The highest BCUT2D eigenvalue weighted by molar-refractivity contribution is 5.94. The van der Waals surface area contributed by atoms with Gasteiger partial charge in [0.1, 0.15) is 5.82 Å². The Kier molecular flexibility index (Phi) is 10.5. The molecule has 0 saturated heterocycles. The number of rotatable bonds is 5. The van der Waals surface area contributed by atoms with Crippen molar-refractivity contribution in [3.8, 4) is 0 Å². The van der Waals surface area contributed by atoms with Crippen LogP contribution in [0.3, 0.4) is 0 Å². The Morgan fingerprint density at radius 1 is 1.37 bits per heavy atom. The first-order valence-corrected chi connectivity index (χ1v) is 5.85. The van der Waals surface area contributed by atoms with Gasteiger partial charge in [0.2, 0.25) is 5.91 Å². The third-order valence-corrected chi connectivity index (χ3v) is 2.52. The van der Waals surface area contributed by atoms with E-state index < -0.39 is 6.04 Å². The summed E-state index contributed by atoms with van der Waals surface area (Å²) in [5.41, 5.74) is 6.13. The van der Waals surface area contributed by atoms with Crippen molar-refractivity contribution in [1.82, 2.24) is 4.98 Å². The minimum Gasteiger partial charge on any atom is -0.357 e. The second-order valence-electron chi connectivity index (χ2n) is 3.86. The van der Waals surface area contributed by atoms with Crippen LogP contribution in [0.5, 0.6) is 0 Å². The van der Waals surface area contributed by atoms with Crippen LogP contribution in [0, 0.1) is 0 Å². The van der Waals surface area contributed by atoms with Crippen LogP contribution in [0.25, 0.3) is 0 Å². The number of nitrogens with one attached hydrogen (secondary N) is 1. The fourth-order valence-corrected chi connectivity index (χ4v) is 1.45. The first-order valence-electron chi connectivity index (χ1n) is 5.85. The largest absolute Gasteiger partial charge is 0.357 e. The molecule has 7 heteroatoms. The fourth-order valence-electron chi connectivity index (χ4n) is 1.45. The smallest absolute Gasteiger partial charge is 0.241 e. The first-order chi connectivity index (χ1) is 8.08. The minimum absolute atomic E-state index is 0. The molecule has 0 aliphatic carbocycles. The van der Waals surface area contributed by atoms with E-state index in [0.29, 0.717) is 5.69 Å². The second kappa shape index (κ2) is 9.83. The van der Waals surface area contributed by atoms with E-state index in [2.05, 4.69) is 29.0 Å². The summed E-state index contributed by atoms with van der Waals surface area (Å²) in [5.74, 6) is 0.705. The quantitative estimate of drug-likeness (QED) is 0.873. The summed E-state index contributed by atoms with van der Waals surface area (Å²) in [5, 5.41) is 2.70. The van der Waals surface area contributed by atoms with Gasteiger partial charge in [0.15, 0.2) is 0 Å². The lowest BCUT2D eigenvalue weighted by atomic mass is 10.3. The number of carbonyl (C=O) groups excluding carboxylic acids is 1. The molecule has 0 unspecified atom stereocenters. The van der Waals surface area contributed by atoms with Crippen molar-refractivity contribution < 1.29 is 4.79 Å². The Morgan fingerprint density at radius 3 is 2.32 bits per heavy atom. The minimum atomic E-state index is -0.516. The lowest BCUT2D eigenvalue weighted by Gasteiger charge is -2.19. The summed E-state index contributed by atoms with van der Waals surface area (Å²) >= 11 is 0. The van der Waals surface area contributed by atoms with Crippen LogP contribution in [0.1, 0.15) is 20.8 Å². The van der Waals surface area contributed by atoms with Crippen molar-refractivity contribution >= 4 is 42.2 Å². The van der Waals surface area contributed by atoms with Gasteiger partial charge in [0, 0.05) is 13.1 Å². The number of nitrogens with two attached hydrogens (primary N) is 1. The van der Waals surface area contributed by atoms with E-state index >= 15 is 0 Å². The van der Waals surface area contributed by atoms with E-state index in [4.69, 9.17) is 5.73 Å². The van der Waals surface area contributed by atoms with Crippen molar-refractivity contribution in [1.29, 1.82) is 0 Å². The standard InChI is InChI=1S/C12H20N4O.2ClH/c1-4-16(5-2)11-7-6-10(8-14-11)15-12(17)9(3)13;;/h6-9H,4-5,13H2,1-3H3,(H,15,17);2*1H/t9-;;/m1../s1. The van der Waals surface area contributed by atoms with Gasteiger partial charge in [-0.05, 0) is 32.9 Å². The van der Waals surface area contributed by atoms with Gasteiger partial charge >= 0.3 is 0 Å². The molecular formula is C12H22Cl2N4O. The topological polar surface area (TPSA) is 71.2 Å². The van der Waals surface area contributed by atoms with Gasteiger partial charge < -0.3 is 16.0 Å². The van der Waals surface area contributed by atoms with Gasteiger partial charge in [-0.3, -0.25) is 4.79 Å².